The third-order valence-electron chi connectivity index (χ3n) is 8.99. The van der Waals surface area contributed by atoms with E-state index >= 15 is 0 Å². The van der Waals surface area contributed by atoms with Crippen LogP contribution >= 0.6 is 0 Å². The monoisotopic (exact) mass is 373 g/mol. The second-order valence-electron chi connectivity index (χ2n) is 10.1. The standard InChI is InChI=1S/C23H35NO3/c1-14(24-26)19-7-8-20-18-6-5-16-13-17(27-15(2)25)9-11-22(16,3)21(18)10-12-23(19,20)4/h7,16-18,20-21,24,26H,1,5-6,8-13H2,2-4H3/t16-,17+,18+,20+,21+,22-,23+/m0/s1. The second-order valence-corrected chi connectivity index (χ2v) is 10.1. The highest BCUT2D eigenvalue weighted by Crippen LogP contribution is 2.66. The summed E-state index contributed by atoms with van der Waals surface area (Å²) < 4.78 is 5.57. The lowest BCUT2D eigenvalue weighted by Crippen LogP contribution is -2.54. The maximum absolute atomic E-state index is 11.4. The van der Waals surface area contributed by atoms with Crippen molar-refractivity contribution in [1.82, 2.24) is 5.48 Å². The van der Waals surface area contributed by atoms with Crippen molar-refractivity contribution in [3.8, 4) is 0 Å². The van der Waals surface area contributed by atoms with Crippen molar-refractivity contribution in [2.24, 2.45) is 34.5 Å². The van der Waals surface area contributed by atoms with Gasteiger partial charge >= 0.3 is 5.97 Å². The van der Waals surface area contributed by atoms with Crippen LogP contribution in [0, 0.1) is 34.5 Å². The molecule has 0 radical (unpaired) electrons. The molecule has 0 aromatic carbocycles. The van der Waals surface area contributed by atoms with E-state index in [2.05, 4.69) is 32.0 Å². The minimum Gasteiger partial charge on any atom is -0.463 e. The largest absolute Gasteiger partial charge is 0.463 e. The van der Waals surface area contributed by atoms with Gasteiger partial charge in [-0.25, -0.2) is 0 Å². The van der Waals surface area contributed by atoms with Gasteiger partial charge < -0.3 is 4.74 Å². The molecule has 0 heterocycles. The summed E-state index contributed by atoms with van der Waals surface area (Å²) in [5.74, 6) is 2.75. The predicted molar refractivity (Wildman–Crippen MR) is 105 cm³/mol. The number of esters is 1. The van der Waals surface area contributed by atoms with E-state index in [-0.39, 0.29) is 17.5 Å². The first-order valence-corrected chi connectivity index (χ1v) is 10.8. The van der Waals surface area contributed by atoms with E-state index in [0.717, 1.165) is 31.1 Å². The zero-order valence-corrected chi connectivity index (χ0v) is 17.1. The Morgan fingerprint density at radius 2 is 2.00 bits per heavy atom. The van der Waals surface area contributed by atoms with Crippen LogP contribution in [0.4, 0.5) is 0 Å². The number of carbonyl (C=O) groups is 1. The molecule has 4 aliphatic carbocycles. The van der Waals surface area contributed by atoms with Gasteiger partial charge in [-0.05, 0) is 91.4 Å². The van der Waals surface area contributed by atoms with Gasteiger partial charge in [0.15, 0.2) is 0 Å². The first-order valence-electron chi connectivity index (χ1n) is 10.8. The van der Waals surface area contributed by atoms with E-state index in [4.69, 9.17) is 4.74 Å². The highest BCUT2D eigenvalue weighted by molar-refractivity contribution is 5.66. The smallest absolute Gasteiger partial charge is 0.302 e. The Morgan fingerprint density at radius 3 is 2.70 bits per heavy atom. The Morgan fingerprint density at radius 1 is 1.22 bits per heavy atom. The van der Waals surface area contributed by atoms with Crippen molar-refractivity contribution < 1.29 is 14.7 Å². The molecule has 4 heteroatoms. The van der Waals surface area contributed by atoms with Gasteiger partial charge in [0.2, 0.25) is 0 Å². The lowest BCUT2D eigenvalue weighted by molar-refractivity contribution is -0.158. The molecular formula is C23H35NO3. The fraction of sp³-hybridized carbons (Fsp3) is 0.783. The number of rotatable bonds is 3. The van der Waals surface area contributed by atoms with E-state index in [1.54, 1.807) is 0 Å². The average Bonchev–Trinajstić information content (AvgIpc) is 2.98. The molecule has 0 aromatic heterocycles. The van der Waals surface area contributed by atoms with Gasteiger partial charge in [0.05, 0.1) is 5.70 Å². The molecule has 0 amide bonds. The second kappa shape index (κ2) is 6.65. The summed E-state index contributed by atoms with van der Waals surface area (Å²) in [5.41, 5.74) is 4.75. The molecule has 0 aromatic rings. The third kappa shape index (κ3) is 2.86. The zero-order valence-electron chi connectivity index (χ0n) is 17.1. The van der Waals surface area contributed by atoms with Gasteiger partial charge in [-0.3, -0.25) is 15.5 Å². The third-order valence-corrected chi connectivity index (χ3v) is 8.99. The van der Waals surface area contributed by atoms with Crippen molar-refractivity contribution in [2.75, 3.05) is 0 Å². The van der Waals surface area contributed by atoms with Crippen LogP contribution in [0.15, 0.2) is 23.9 Å². The Bertz CT molecular complexity index is 671. The summed E-state index contributed by atoms with van der Waals surface area (Å²) in [6.45, 7) is 10.5. The van der Waals surface area contributed by atoms with E-state index in [9.17, 15) is 10.0 Å². The molecule has 7 atom stereocenters. The molecule has 3 fully saturated rings. The number of ether oxygens (including phenoxy) is 1. The van der Waals surface area contributed by atoms with Crippen molar-refractivity contribution in [3.05, 3.63) is 23.9 Å². The van der Waals surface area contributed by atoms with Crippen LogP contribution in [-0.2, 0) is 9.53 Å². The summed E-state index contributed by atoms with van der Waals surface area (Å²) in [5, 5.41) is 9.39. The van der Waals surface area contributed by atoms with Gasteiger partial charge in [0, 0.05) is 6.92 Å². The van der Waals surface area contributed by atoms with Crippen molar-refractivity contribution in [2.45, 2.75) is 78.2 Å². The van der Waals surface area contributed by atoms with Crippen LogP contribution in [-0.4, -0.2) is 17.3 Å². The molecule has 0 spiro atoms. The number of allylic oxidation sites excluding steroid dienone is 2. The number of hydroxylamine groups is 1. The van der Waals surface area contributed by atoms with E-state index in [1.165, 1.54) is 44.6 Å². The van der Waals surface area contributed by atoms with E-state index in [0.29, 0.717) is 22.9 Å². The molecular weight excluding hydrogens is 338 g/mol. The molecule has 27 heavy (non-hydrogen) atoms. The highest BCUT2D eigenvalue weighted by atomic mass is 16.5. The summed E-state index contributed by atoms with van der Waals surface area (Å²) in [6, 6.07) is 0. The maximum Gasteiger partial charge on any atom is 0.302 e. The van der Waals surface area contributed by atoms with Crippen LogP contribution in [0.1, 0.15) is 72.1 Å². The SMILES string of the molecule is C=C(NO)C1=CC[C@@H]2[C@H]3CC[C@H]4C[C@H](OC(C)=O)CC[C@]4(C)[C@@H]3CC[C@]12C. The number of hydrogen-bond acceptors (Lipinski definition) is 4. The molecule has 4 nitrogen and oxygen atoms in total. The predicted octanol–water partition coefficient (Wildman–Crippen LogP) is 4.99. The summed E-state index contributed by atoms with van der Waals surface area (Å²) in [6.07, 6.45) is 11.8. The molecule has 0 saturated heterocycles. The quantitative estimate of drug-likeness (QED) is 0.540. The normalized spacial score (nSPS) is 45.8. The van der Waals surface area contributed by atoms with Crippen LogP contribution in [0.5, 0.6) is 0 Å². The molecule has 150 valence electrons. The molecule has 0 unspecified atom stereocenters. The molecule has 4 aliphatic rings. The lowest BCUT2D eigenvalue weighted by Gasteiger charge is -2.60. The highest BCUT2D eigenvalue weighted by Gasteiger charge is 2.59. The van der Waals surface area contributed by atoms with Gasteiger partial charge in [-0.1, -0.05) is 26.5 Å². The number of hydrogen-bond donors (Lipinski definition) is 2. The average molecular weight is 374 g/mol. The first-order chi connectivity index (χ1) is 12.8. The molecule has 0 aliphatic heterocycles. The minimum atomic E-state index is -0.131. The fourth-order valence-electron chi connectivity index (χ4n) is 7.66. The van der Waals surface area contributed by atoms with Crippen molar-refractivity contribution in [1.29, 1.82) is 0 Å². The molecule has 4 rings (SSSR count). The van der Waals surface area contributed by atoms with Crippen LogP contribution < -0.4 is 5.48 Å². The number of nitrogens with one attached hydrogen (secondary N) is 1. The number of fused-ring (bicyclic) bond motifs is 5. The van der Waals surface area contributed by atoms with E-state index < -0.39 is 0 Å². The lowest BCUT2D eigenvalue weighted by atomic mass is 9.44. The Balaban J connectivity index is 1.53. The number of carbonyl (C=O) groups excluding carboxylic acids is 1. The van der Waals surface area contributed by atoms with Gasteiger partial charge in [0.25, 0.3) is 0 Å². The Labute approximate surface area is 163 Å². The van der Waals surface area contributed by atoms with E-state index in [1.807, 2.05) is 0 Å². The first kappa shape index (κ1) is 19.0. The molecule has 2 N–H and O–H groups in total. The van der Waals surface area contributed by atoms with Crippen LogP contribution in [0.2, 0.25) is 0 Å². The topological polar surface area (TPSA) is 58.6 Å². The summed E-state index contributed by atoms with van der Waals surface area (Å²) in [7, 11) is 0. The van der Waals surface area contributed by atoms with Gasteiger partial charge in [0.1, 0.15) is 6.10 Å². The van der Waals surface area contributed by atoms with Crippen molar-refractivity contribution >= 4 is 5.97 Å². The van der Waals surface area contributed by atoms with Crippen LogP contribution in [0.25, 0.3) is 0 Å². The minimum absolute atomic E-state index is 0.129. The zero-order chi connectivity index (χ0) is 19.4. The van der Waals surface area contributed by atoms with Crippen molar-refractivity contribution in [3.63, 3.8) is 0 Å². The van der Waals surface area contributed by atoms with Gasteiger partial charge in [-0.15, -0.1) is 0 Å². The maximum atomic E-state index is 11.4. The fourth-order valence-corrected chi connectivity index (χ4v) is 7.66. The molecule has 0 bridgehead atoms. The van der Waals surface area contributed by atoms with Crippen LogP contribution in [0.3, 0.4) is 0 Å². The molecule has 3 saturated carbocycles. The summed E-state index contributed by atoms with van der Waals surface area (Å²) in [4.78, 5) is 11.4. The van der Waals surface area contributed by atoms with Gasteiger partial charge in [-0.2, -0.15) is 0 Å². The summed E-state index contributed by atoms with van der Waals surface area (Å²) >= 11 is 0. The Hall–Kier alpha value is -1.29. The Kier molecular flexibility index (Phi) is 4.69.